The van der Waals surface area contributed by atoms with E-state index in [1.54, 1.807) is 0 Å². The summed E-state index contributed by atoms with van der Waals surface area (Å²) in [6.45, 7) is 6.39. The highest BCUT2D eigenvalue weighted by Gasteiger charge is 2.37. The van der Waals surface area contributed by atoms with Crippen LogP contribution in [-0.4, -0.2) is 11.3 Å². The summed E-state index contributed by atoms with van der Waals surface area (Å²) >= 11 is 0. The minimum Gasteiger partial charge on any atom is -0.380 e. The second-order valence-electron chi connectivity index (χ2n) is 5.48. The van der Waals surface area contributed by atoms with E-state index in [9.17, 15) is 4.79 Å². The van der Waals surface area contributed by atoms with Gasteiger partial charge >= 0.3 is 0 Å². The third-order valence-electron chi connectivity index (χ3n) is 3.59. The Balaban J connectivity index is 2.05. The quantitative estimate of drug-likeness (QED) is 0.779. The lowest BCUT2D eigenvalue weighted by Gasteiger charge is -2.27. The predicted octanol–water partition coefficient (Wildman–Crippen LogP) is 3.88. The van der Waals surface area contributed by atoms with Gasteiger partial charge in [0, 0.05) is 23.2 Å². The van der Waals surface area contributed by atoms with E-state index in [2.05, 4.69) is 19.2 Å². The summed E-state index contributed by atoms with van der Waals surface area (Å²) in [5.41, 5.74) is 2.08. The number of hydrogen-bond donors (Lipinski definition) is 1. The zero-order chi connectivity index (χ0) is 12.5. The van der Waals surface area contributed by atoms with Crippen molar-refractivity contribution < 1.29 is 4.79 Å². The summed E-state index contributed by atoms with van der Waals surface area (Å²) in [6.07, 6.45) is 3.22. The predicted molar refractivity (Wildman–Crippen MR) is 71.5 cm³/mol. The molecule has 0 amide bonds. The Bertz CT molecular complexity index is 401. The first kappa shape index (κ1) is 12.2. The van der Waals surface area contributed by atoms with Gasteiger partial charge in [0.2, 0.25) is 0 Å². The van der Waals surface area contributed by atoms with Crippen molar-refractivity contribution >= 4 is 11.5 Å². The number of carbonyl (C=O) groups is 1. The van der Waals surface area contributed by atoms with Crippen LogP contribution in [0.3, 0.4) is 0 Å². The Kier molecular flexibility index (Phi) is 3.23. The average molecular weight is 231 g/mol. The largest absolute Gasteiger partial charge is 0.380 e. The highest BCUT2D eigenvalue weighted by Crippen LogP contribution is 2.41. The van der Waals surface area contributed by atoms with Crippen LogP contribution in [0.4, 0.5) is 5.69 Å². The van der Waals surface area contributed by atoms with Gasteiger partial charge in [-0.25, -0.2) is 0 Å². The fourth-order valence-electron chi connectivity index (χ4n) is 2.22. The number of nitrogens with one attached hydrogen (secondary N) is 1. The molecule has 1 N–H and O–H groups in total. The third kappa shape index (κ3) is 2.87. The van der Waals surface area contributed by atoms with Gasteiger partial charge in [-0.2, -0.15) is 0 Å². The van der Waals surface area contributed by atoms with Gasteiger partial charge in [-0.1, -0.05) is 6.92 Å². The Hall–Kier alpha value is -1.31. The van der Waals surface area contributed by atoms with Crippen molar-refractivity contribution in [3.8, 4) is 0 Å². The molecule has 1 saturated carbocycles. The molecular formula is C15H21NO. The standard InChI is InChI=1S/C15H21NO/c1-4-14(17)11-5-9-13(10-6-11)16-15(2,3)12-7-8-12/h5-6,9-10,12,16H,4,7-8H2,1-3H3. The van der Waals surface area contributed by atoms with Crippen LogP contribution >= 0.6 is 0 Å². The van der Waals surface area contributed by atoms with Crippen LogP contribution < -0.4 is 5.32 Å². The minimum atomic E-state index is 0.163. The normalized spacial score (nSPS) is 15.7. The van der Waals surface area contributed by atoms with Crippen molar-refractivity contribution in [3.63, 3.8) is 0 Å². The number of hydrogen-bond acceptors (Lipinski definition) is 2. The topological polar surface area (TPSA) is 29.1 Å². The van der Waals surface area contributed by atoms with Crippen LogP contribution in [0.5, 0.6) is 0 Å². The minimum absolute atomic E-state index is 0.163. The zero-order valence-electron chi connectivity index (χ0n) is 10.9. The summed E-state index contributed by atoms with van der Waals surface area (Å²) in [7, 11) is 0. The smallest absolute Gasteiger partial charge is 0.162 e. The van der Waals surface area contributed by atoms with Gasteiger partial charge < -0.3 is 5.32 Å². The maximum atomic E-state index is 11.5. The Morgan fingerprint density at radius 1 is 1.29 bits per heavy atom. The van der Waals surface area contributed by atoms with E-state index < -0.39 is 0 Å². The molecule has 0 spiro atoms. The molecule has 1 aromatic rings. The molecule has 0 radical (unpaired) electrons. The number of benzene rings is 1. The SMILES string of the molecule is CCC(=O)c1ccc(NC(C)(C)C2CC2)cc1. The van der Waals surface area contributed by atoms with Gasteiger partial charge in [-0.3, -0.25) is 4.79 Å². The second-order valence-corrected chi connectivity index (χ2v) is 5.48. The first-order valence-corrected chi connectivity index (χ1v) is 6.44. The van der Waals surface area contributed by atoms with E-state index >= 15 is 0 Å². The molecule has 1 aliphatic carbocycles. The van der Waals surface area contributed by atoms with Crippen LogP contribution in [0.2, 0.25) is 0 Å². The van der Waals surface area contributed by atoms with Crippen LogP contribution in [0.15, 0.2) is 24.3 Å². The van der Waals surface area contributed by atoms with E-state index in [1.807, 2.05) is 31.2 Å². The van der Waals surface area contributed by atoms with E-state index in [-0.39, 0.29) is 11.3 Å². The third-order valence-corrected chi connectivity index (χ3v) is 3.59. The highest BCUT2D eigenvalue weighted by atomic mass is 16.1. The lowest BCUT2D eigenvalue weighted by atomic mass is 9.98. The Morgan fingerprint density at radius 3 is 2.35 bits per heavy atom. The molecule has 0 bridgehead atoms. The van der Waals surface area contributed by atoms with E-state index in [0.29, 0.717) is 6.42 Å². The molecule has 2 nitrogen and oxygen atoms in total. The number of Topliss-reactive ketones (excluding diaryl/α,β-unsaturated/α-hetero) is 1. The van der Waals surface area contributed by atoms with Crippen LogP contribution in [0, 0.1) is 5.92 Å². The summed E-state index contributed by atoms with van der Waals surface area (Å²) in [6, 6.07) is 7.84. The Labute approximate surface area is 103 Å². The second kappa shape index (κ2) is 4.52. The van der Waals surface area contributed by atoms with Crippen LogP contribution in [-0.2, 0) is 0 Å². The van der Waals surface area contributed by atoms with Crippen molar-refractivity contribution in [2.45, 2.75) is 45.6 Å². The van der Waals surface area contributed by atoms with Crippen molar-refractivity contribution in [2.24, 2.45) is 5.92 Å². The summed E-state index contributed by atoms with van der Waals surface area (Å²) in [5.74, 6) is 0.998. The molecule has 0 saturated heterocycles. The maximum absolute atomic E-state index is 11.5. The molecular weight excluding hydrogens is 210 g/mol. The first-order valence-electron chi connectivity index (χ1n) is 6.44. The summed E-state index contributed by atoms with van der Waals surface area (Å²) in [5, 5.41) is 3.55. The van der Waals surface area contributed by atoms with Crippen LogP contribution in [0.25, 0.3) is 0 Å². The average Bonchev–Trinajstić information content (AvgIpc) is 3.12. The fraction of sp³-hybridized carbons (Fsp3) is 0.533. The number of anilines is 1. The molecule has 1 aromatic carbocycles. The van der Waals surface area contributed by atoms with Crippen molar-refractivity contribution in [3.05, 3.63) is 29.8 Å². The van der Waals surface area contributed by atoms with Gasteiger partial charge in [-0.05, 0) is 56.9 Å². The lowest BCUT2D eigenvalue weighted by molar-refractivity contribution is 0.0988. The molecule has 17 heavy (non-hydrogen) atoms. The van der Waals surface area contributed by atoms with Crippen molar-refractivity contribution in [2.75, 3.05) is 5.32 Å². The highest BCUT2D eigenvalue weighted by molar-refractivity contribution is 5.96. The number of rotatable bonds is 5. The van der Waals surface area contributed by atoms with Crippen molar-refractivity contribution in [1.29, 1.82) is 0 Å². The molecule has 92 valence electrons. The van der Waals surface area contributed by atoms with Gasteiger partial charge in [0.05, 0.1) is 0 Å². The van der Waals surface area contributed by atoms with Gasteiger partial charge in [0.25, 0.3) is 0 Å². The summed E-state index contributed by atoms with van der Waals surface area (Å²) < 4.78 is 0. The molecule has 0 aromatic heterocycles. The zero-order valence-corrected chi connectivity index (χ0v) is 10.9. The molecule has 1 aliphatic rings. The number of carbonyl (C=O) groups excluding carboxylic acids is 1. The molecule has 1 fully saturated rings. The van der Waals surface area contributed by atoms with Gasteiger partial charge in [-0.15, -0.1) is 0 Å². The molecule has 2 rings (SSSR count). The monoisotopic (exact) mass is 231 g/mol. The molecule has 2 heteroatoms. The summed E-state index contributed by atoms with van der Waals surface area (Å²) in [4.78, 5) is 11.5. The molecule has 0 aliphatic heterocycles. The molecule has 0 heterocycles. The molecule has 0 atom stereocenters. The Morgan fingerprint density at radius 2 is 1.88 bits per heavy atom. The molecule has 0 unspecified atom stereocenters. The lowest BCUT2D eigenvalue weighted by Crippen LogP contribution is -2.33. The number of ketones is 1. The van der Waals surface area contributed by atoms with Gasteiger partial charge in [0.15, 0.2) is 5.78 Å². The fourth-order valence-corrected chi connectivity index (χ4v) is 2.22. The maximum Gasteiger partial charge on any atom is 0.162 e. The van der Waals surface area contributed by atoms with Crippen molar-refractivity contribution in [1.82, 2.24) is 0 Å². The van der Waals surface area contributed by atoms with E-state index in [0.717, 1.165) is 17.2 Å². The van der Waals surface area contributed by atoms with E-state index in [4.69, 9.17) is 0 Å². The van der Waals surface area contributed by atoms with Crippen LogP contribution in [0.1, 0.15) is 50.4 Å². The van der Waals surface area contributed by atoms with Gasteiger partial charge in [0.1, 0.15) is 0 Å². The van der Waals surface area contributed by atoms with E-state index in [1.165, 1.54) is 12.8 Å². The first-order chi connectivity index (χ1) is 8.03.